The fourth-order valence-corrected chi connectivity index (χ4v) is 2.56. The molecule has 1 atom stereocenters. The van der Waals surface area contributed by atoms with Crippen LogP contribution < -0.4 is 10.7 Å². The zero-order valence-corrected chi connectivity index (χ0v) is 11.2. The molecule has 1 aliphatic rings. The summed E-state index contributed by atoms with van der Waals surface area (Å²) in [6.45, 7) is 1.69. The smallest absolute Gasteiger partial charge is 0.256 e. The third kappa shape index (κ3) is 2.24. The minimum absolute atomic E-state index is 0.0374. The summed E-state index contributed by atoms with van der Waals surface area (Å²) >= 11 is 0. The van der Waals surface area contributed by atoms with Gasteiger partial charge in [-0.25, -0.2) is 0 Å². The molecule has 2 heterocycles. The van der Waals surface area contributed by atoms with Crippen LogP contribution in [0.4, 0.5) is 0 Å². The van der Waals surface area contributed by atoms with Gasteiger partial charge in [-0.05, 0) is 25.3 Å². The number of aromatic amines is 2. The third-order valence-electron chi connectivity index (χ3n) is 3.73. The van der Waals surface area contributed by atoms with Gasteiger partial charge in [-0.3, -0.25) is 14.7 Å². The Balaban J connectivity index is 1.74. The Morgan fingerprint density at radius 2 is 2.30 bits per heavy atom. The van der Waals surface area contributed by atoms with Crippen molar-refractivity contribution in [1.82, 2.24) is 20.5 Å². The molecule has 2 aromatic rings. The molecule has 0 saturated carbocycles. The zero-order valence-electron chi connectivity index (χ0n) is 11.2. The highest BCUT2D eigenvalue weighted by atomic mass is 16.2. The Bertz CT molecular complexity index is 701. The second kappa shape index (κ2) is 4.96. The average molecular weight is 272 g/mol. The molecule has 0 aromatic carbocycles. The van der Waals surface area contributed by atoms with E-state index in [0.717, 1.165) is 25.0 Å². The topological polar surface area (TPSA) is 90.6 Å². The second-order valence-corrected chi connectivity index (χ2v) is 5.17. The first-order chi connectivity index (χ1) is 9.65. The lowest BCUT2D eigenvalue weighted by molar-refractivity contribution is 0.0932. The fraction of sp³-hybridized carbons (Fsp3) is 0.357. The number of hydrogen-bond acceptors (Lipinski definition) is 3. The molecule has 0 fully saturated rings. The quantitative estimate of drug-likeness (QED) is 0.751. The van der Waals surface area contributed by atoms with Crippen LogP contribution in [0, 0.1) is 6.92 Å². The van der Waals surface area contributed by atoms with E-state index >= 15 is 0 Å². The summed E-state index contributed by atoms with van der Waals surface area (Å²) in [5, 5.41) is 9.89. The number of pyridine rings is 1. The number of aryl methyl sites for hydroxylation is 2. The normalized spacial score (nSPS) is 17.6. The SMILES string of the molecule is Cc1c[nH]cc(C(=O)NC2CCc3cn[nH]c3C2)c1=O. The predicted molar refractivity (Wildman–Crippen MR) is 73.7 cm³/mol. The van der Waals surface area contributed by atoms with Gasteiger partial charge in [-0.1, -0.05) is 0 Å². The molecular weight excluding hydrogens is 256 g/mol. The number of amides is 1. The summed E-state index contributed by atoms with van der Waals surface area (Å²) in [4.78, 5) is 26.9. The van der Waals surface area contributed by atoms with Gasteiger partial charge in [0.1, 0.15) is 5.56 Å². The van der Waals surface area contributed by atoms with Crippen LogP contribution >= 0.6 is 0 Å². The first-order valence-electron chi connectivity index (χ1n) is 6.65. The van der Waals surface area contributed by atoms with Gasteiger partial charge in [-0.2, -0.15) is 5.10 Å². The number of nitrogens with one attached hydrogen (secondary N) is 3. The molecular formula is C14H16N4O2. The van der Waals surface area contributed by atoms with Crippen LogP contribution in [0.3, 0.4) is 0 Å². The molecule has 20 heavy (non-hydrogen) atoms. The number of aromatic nitrogens is 3. The summed E-state index contributed by atoms with van der Waals surface area (Å²) in [6.07, 6.45) is 7.36. The molecule has 0 radical (unpaired) electrons. The van der Waals surface area contributed by atoms with E-state index in [9.17, 15) is 9.59 Å². The van der Waals surface area contributed by atoms with E-state index in [1.54, 1.807) is 13.1 Å². The van der Waals surface area contributed by atoms with Gasteiger partial charge in [0.15, 0.2) is 5.43 Å². The van der Waals surface area contributed by atoms with Crippen molar-refractivity contribution in [2.75, 3.05) is 0 Å². The van der Waals surface area contributed by atoms with E-state index in [0.29, 0.717) is 5.56 Å². The van der Waals surface area contributed by atoms with Gasteiger partial charge in [0.25, 0.3) is 5.91 Å². The highest BCUT2D eigenvalue weighted by molar-refractivity contribution is 5.94. The van der Waals surface area contributed by atoms with E-state index in [1.165, 1.54) is 11.8 Å². The maximum atomic E-state index is 12.2. The molecule has 3 N–H and O–H groups in total. The van der Waals surface area contributed by atoms with Crippen molar-refractivity contribution in [2.24, 2.45) is 0 Å². The number of carbonyl (C=O) groups excluding carboxylic acids is 1. The average Bonchev–Trinajstić information content (AvgIpc) is 2.89. The van der Waals surface area contributed by atoms with Gasteiger partial charge in [0, 0.05) is 36.1 Å². The second-order valence-electron chi connectivity index (χ2n) is 5.17. The standard InChI is InChI=1S/C14H16N4O2/c1-8-5-15-7-11(13(8)19)14(20)17-10-3-2-9-6-16-18-12(9)4-10/h5-7,10H,2-4H2,1H3,(H,15,19)(H,16,18)(H,17,20). The Kier molecular flexibility index (Phi) is 3.14. The summed E-state index contributed by atoms with van der Waals surface area (Å²) in [5.41, 5.74) is 2.76. The number of H-pyrrole nitrogens is 2. The maximum absolute atomic E-state index is 12.2. The molecule has 2 aromatic heterocycles. The molecule has 3 rings (SSSR count). The molecule has 104 valence electrons. The van der Waals surface area contributed by atoms with Crippen LogP contribution in [0.25, 0.3) is 0 Å². The summed E-state index contributed by atoms with van der Waals surface area (Å²) < 4.78 is 0. The molecule has 6 heteroatoms. The van der Waals surface area contributed by atoms with Gasteiger partial charge < -0.3 is 10.3 Å². The van der Waals surface area contributed by atoms with Crippen LogP contribution in [-0.2, 0) is 12.8 Å². The van der Waals surface area contributed by atoms with Crippen molar-refractivity contribution in [3.05, 3.63) is 51.2 Å². The van der Waals surface area contributed by atoms with Crippen LogP contribution in [0.2, 0.25) is 0 Å². The molecule has 0 spiro atoms. The summed E-state index contributed by atoms with van der Waals surface area (Å²) in [5.74, 6) is -0.317. The number of fused-ring (bicyclic) bond motifs is 1. The van der Waals surface area contributed by atoms with Gasteiger partial charge in [0.2, 0.25) is 0 Å². The zero-order chi connectivity index (χ0) is 14.1. The molecule has 1 unspecified atom stereocenters. The van der Waals surface area contributed by atoms with Gasteiger partial charge >= 0.3 is 0 Å². The molecule has 1 aliphatic carbocycles. The molecule has 0 saturated heterocycles. The first-order valence-corrected chi connectivity index (χ1v) is 6.65. The fourth-order valence-electron chi connectivity index (χ4n) is 2.56. The van der Waals surface area contributed by atoms with Crippen LogP contribution in [0.1, 0.15) is 33.6 Å². The Hall–Kier alpha value is -2.37. The van der Waals surface area contributed by atoms with Crippen molar-refractivity contribution in [3.63, 3.8) is 0 Å². The number of nitrogens with zero attached hydrogens (tertiary/aromatic N) is 1. The van der Waals surface area contributed by atoms with Crippen LogP contribution in [0.15, 0.2) is 23.4 Å². The minimum atomic E-state index is -0.317. The number of carbonyl (C=O) groups is 1. The Morgan fingerprint density at radius 1 is 1.45 bits per heavy atom. The summed E-state index contributed by atoms with van der Waals surface area (Å²) in [7, 11) is 0. The Labute approximate surface area is 115 Å². The first kappa shape index (κ1) is 12.7. The number of rotatable bonds is 2. The Morgan fingerprint density at radius 3 is 3.15 bits per heavy atom. The molecule has 0 bridgehead atoms. The molecule has 1 amide bonds. The van der Waals surface area contributed by atoms with E-state index in [1.807, 2.05) is 6.20 Å². The number of hydrogen-bond donors (Lipinski definition) is 3. The monoisotopic (exact) mass is 272 g/mol. The van der Waals surface area contributed by atoms with Crippen molar-refractivity contribution in [3.8, 4) is 0 Å². The van der Waals surface area contributed by atoms with Crippen molar-refractivity contribution >= 4 is 5.91 Å². The maximum Gasteiger partial charge on any atom is 0.256 e. The highest BCUT2D eigenvalue weighted by Crippen LogP contribution is 2.18. The molecule has 0 aliphatic heterocycles. The minimum Gasteiger partial charge on any atom is -0.366 e. The van der Waals surface area contributed by atoms with E-state index in [-0.39, 0.29) is 22.9 Å². The van der Waals surface area contributed by atoms with Crippen molar-refractivity contribution in [2.45, 2.75) is 32.2 Å². The van der Waals surface area contributed by atoms with Gasteiger partial charge in [0.05, 0.1) is 6.20 Å². The lowest BCUT2D eigenvalue weighted by Gasteiger charge is -2.22. The summed E-state index contributed by atoms with van der Waals surface area (Å²) in [6, 6.07) is 0.0374. The van der Waals surface area contributed by atoms with E-state index in [4.69, 9.17) is 0 Å². The van der Waals surface area contributed by atoms with E-state index < -0.39 is 0 Å². The predicted octanol–water partition coefficient (Wildman–Crippen LogP) is 0.694. The van der Waals surface area contributed by atoms with Crippen LogP contribution in [-0.4, -0.2) is 27.1 Å². The van der Waals surface area contributed by atoms with Gasteiger partial charge in [-0.15, -0.1) is 0 Å². The molecule has 6 nitrogen and oxygen atoms in total. The lowest BCUT2D eigenvalue weighted by atomic mass is 9.93. The lowest BCUT2D eigenvalue weighted by Crippen LogP contribution is -2.40. The third-order valence-corrected chi connectivity index (χ3v) is 3.73. The highest BCUT2D eigenvalue weighted by Gasteiger charge is 2.23. The van der Waals surface area contributed by atoms with E-state index in [2.05, 4.69) is 20.5 Å². The van der Waals surface area contributed by atoms with Crippen LogP contribution in [0.5, 0.6) is 0 Å². The van der Waals surface area contributed by atoms with Crippen molar-refractivity contribution in [1.29, 1.82) is 0 Å². The van der Waals surface area contributed by atoms with Crippen molar-refractivity contribution < 1.29 is 4.79 Å². The largest absolute Gasteiger partial charge is 0.366 e.